The van der Waals surface area contributed by atoms with Crippen molar-refractivity contribution in [3.63, 3.8) is 0 Å². The molecule has 0 unspecified atom stereocenters. The van der Waals surface area contributed by atoms with Crippen molar-refractivity contribution >= 4 is 11.5 Å². The van der Waals surface area contributed by atoms with Gasteiger partial charge >= 0.3 is 0 Å². The van der Waals surface area contributed by atoms with Crippen LogP contribution in [0.5, 0.6) is 0 Å². The third kappa shape index (κ3) is 2.15. The van der Waals surface area contributed by atoms with Gasteiger partial charge in [0.2, 0.25) is 0 Å². The zero-order valence-corrected chi connectivity index (χ0v) is 9.55. The molecule has 0 fully saturated rings. The van der Waals surface area contributed by atoms with E-state index >= 15 is 0 Å². The maximum absolute atomic E-state index is 13.0. The molecule has 0 bridgehead atoms. The molecule has 4 nitrogen and oxygen atoms in total. The van der Waals surface area contributed by atoms with E-state index in [-0.39, 0.29) is 5.82 Å². The molecule has 1 aromatic carbocycles. The number of nitrogens with zero attached hydrogens (tertiary/aromatic N) is 3. The van der Waals surface area contributed by atoms with Gasteiger partial charge in [0.25, 0.3) is 0 Å². The fourth-order valence-corrected chi connectivity index (χ4v) is 1.75. The zero-order chi connectivity index (χ0) is 12.4. The van der Waals surface area contributed by atoms with E-state index in [0.717, 1.165) is 17.0 Å². The van der Waals surface area contributed by atoms with Crippen molar-refractivity contribution in [3.8, 4) is 0 Å². The van der Waals surface area contributed by atoms with Crippen molar-refractivity contribution in [2.75, 3.05) is 5.32 Å². The topological polar surface area (TPSA) is 42.2 Å². The first-order chi connectivity index (χ1) is 8.81. The lowest BCUT2D eigenvalue weighted by Crippen LogP contribution is -2.02. The molecule has 0 amide bonds. The van der Waals surface area contributed by atoms with Crippen molar-refractivity contribution in [2.45, 2.75) is 6.54 Å². The van der Waals surface area contributed by atoms with Gasteiger partial charge in [-0.1, -0.05) is 12.1 Å². The predicted molar refractivity (Wildman–Crippen MR) is 66.7 cm³/mol. The summed E-state index contributed by atoms with van der Waals surface area (Å²) in [6, 6.07) is 10.2. The van der Waals surface area contributed by atoms with Crippen LogP contribution in [-0.2, 0) is 6.54 Å². The average Bonchev–Trinajstić information content (AvgIpc) is 2.84. The minimum atomic E-state index is -0.228. The molecule has 1 N–H and O–H groups in total. The molecule has 2 aromatic heterocycles. The molecule has 0 saturated carbocycles. The summed E-state index contributed by atoms with van der Waals surface area (Å²) in [6.07, 6.45) is 3.52. The SMILES string of the molecule is Fc1cccc(CNc2ccn3nccc3n2)c1. The maximum Gasteiger partial charge on any atom is 0.157 e. The lowest BCUT2D eigenvalue weighted by molar-refractivity contribution is 0.626. The minimum Gasteiger partial charge on any atom is -0.366 e. The highest BCUT2D eigenvalue weighted by molar-refractivity contribution is 5.45. The normalized spacial score (nSPS) is 10.7. The second kappa shape index (κ2) is 4.44. The molecule has 3 rings (SSSR count). The molecule has 0 atom stereocenters. The van der Waals surface area contributed by atoms with Crippen LogP contribution < -0.4 is 5.32 Å². The van der Waals surface area contributed by atoms with Gasteiger partial charge in [-0.15, -0.1) is 0 Å². The molecule has 0 aliphatic rings. The van der Waals surface area contributed by atoms with E-state index in [2.05, 4.69) is 15.4 Å². The minimum absolute atomic E-state index is 0.228. The fourth-order valence-electron chi connectivity index (χ4n) is 1.75. The Bertz CT molecular complexity index is 677. The summed E-state index contributed by atoms with van der Waals surface area (Å²) in [5.41, 5.74) is 1.66. The number of hydrogen-bond acceptors (Lipinski definition) is 3. The predicted octanol–water partition coefficient (Wildman–Crippen LogP) is 2.48. The lowest BCUT2D eigenvalue weighted by atomic mass is 10.2. The summed E-state index contributed by atoms with van der Waals surface area (Å²) >= 11 is 0. The number of nitrogens with one attached hydrogen (secondary N) is 1. The van der Waals surface area contributed by atoms with Gasteiger partial charge in [0.05, 0.1) is 6.20 Å². The summed E-state index contributed by atoms with van der Waals surface area (Å²) in [5.74, 6) is 0.515. The number of halogens is 1. The summed E-state index contributed by atoms with van der Waals surface area (Å²) in [4.78, 5) is 4.37. The highest BCUT2D eigenvalue weighted by Crippen LogP contribution is 2.09. The molecule has 0 radical (unpaired) electrons. The monoisotopic (exact) mass is 242 g/mol. The molecule has 90 valence electrons. The van der Waals surface area contributed by atoms with Crippen LogP contribution in [0.1, 0.15) is 5.56 Å². The third-order valence-corrected chi connectivity index (χ3v) is 2.62. The number of anilines is 1. The molecule has 0 aliphatic carbocycles. The quantitative estimate of drug-likeness (QED) is 0.767. The first kappa shape index (κ1) is 10.7. The zero-order valence-electron chi connectivity index (χ0n) is 9.55. The van der Waals surface area contributed by atoms with Gasteiger partial charge in [0.1, 0.15) is 11.6 Å². The fraction of sp³-hybridized carbons (Fsp3) is 0.0769. The number of rotatable bonds is 3. The van der Waals surface area contributed by atoms with Gasteiger partial charge in [-0.3, -0.25) is 0 Å². The van der Waals surface area contributed by atoms with E-state index in [9.17, 15) is 4.39 Å². The van der Waals surface area contributed by atoms with Crippen LogP contribution in [0.3, 0.4) is 0 Å². The van der Waals surface area contributed by atoms with E-state index in [1.54, 1.807) is 16.8 Å². The van der Waals surface area contributed by atoms with Crippen LogP contribution in [0.15, 0.2) is 48.8 Å². The van der Waals surface area contributed by atoms with Gasteiger partial charge in [-0.25, -0.2) is 13.9 Å². The number of benzene rings is 1. The van der Waals surface area contributed by atoms with E-state index in [1.165, 1.54) is 12.1 Å². The average molecular weight is 242 g/mol. The molecule has 0 saturated heterocycles. The second-order valence-corrected chi connectivity index (χ2v) is 3.93. The Kier molecular flexibility index (Phi) is 2.64. The van der Waals surface area contributed by atoms with Crippen LogP contribution >= 0.6 is 0 Å². The summed E-state index contributed by atoms with van der Waals surface area (Å²) in [6.45, 7) is 0.537. The van der Waals surface area contributed by atoms with Gasteiger partial charge in [-0.05, 0) is 23.8 Å². The van der Waals surface area contributed by atoms with Crippen LogP contribution in [0, 0.1) is 5.82 Å². The smallest absolute Gasteiger partial charge is 0.157 e. The molecule has 5 heteroatoms. The van der Waals surface area contributed by atoms with Crippen LogP contribution in [0.2, 0.25) is 0 Å². The van der Waals surface area contributed by atoms with Crippen LogP contribution in [0.4, 0.5) is 10.2 Å². The van der Waals surface area contributed by atoms with Crippen LogP contribution in [0.25, 0.3) is 5.65 Å². The van der Waals surface area contributed by atoms with Crippen molar-refractivity contribution in [1.82, 2.24) is 14.6 Å². The second-order valence-electron chi connectivity index (χ2n) is 3.93. The summed E-state index contributed by atoms with van der Waals surface area (Å²) < 4.78 is 14.7. The largest absolute Gasteiger partial charge is 0.366 e. The Morgan fingerprint density at radius 3 is 3.06 bits per heavy atom. The number of aromatic nitrogens is 3. The van der Waals surface area contributed by atoms with Crippen molar-refractivity contribution in [2.24, 2.45) is 0 Å². The molecule has 0 aliphatic heterocycles. The molecule has 18 heavy (non-hydrogen) atoms. The Hall–Kier alpha value is -2.43. The standard InChI is InChI=1S/C13H11FN4/c14-11-3-1-2-10(8-11)9-15-12-5-7-18-13(17-12)4-6-16-18/h1-8H,9H2,(H,15,17). The highest BCUT2D eigenvalue weighted by Gasteiger charge is 1.99. The van der Waals surface area contributed by atoms with Gasteiger partial charge in [-0.2, -0.15) is 5.10 Å². The van der Waals surface area contributed by atoms with Crippen molar-refractivity contribution < 1.29 is 4.39 Å². The number of hydrogen-bond donors (Lipinski definition) is 1. The first-order valence-corrected chi connectivity index (χ1v) is 5.60. The van der Waals surface area contributed by atoms with Crippen molar-refractivity contribution in [3.05, 3.63) is 60.2 Å². The Morgan fingerprint density at radius 1 is 1.22 bits per heavy atom. The van der Waals surface area contributed by atoms with Crippen LogP contribution in [-0.4, -0.2) is 14.6 Å². The number of fused-ring (bicyclic) bond motifs is 1. The van der Waals surface area contributed by atoms with Gasteiger partial charge in [0.15, 0.2) is 5.65 Å². The van der Waals surface area contributed by atoms with E-state index in [1.807, 2.05) is 24.4 Å². The van der Waals surface area contributed by atoms with Gasteiger partial charge < -0.3 is 5.32 Å². The highest BCUT2D eigenvalue weighted by atomic mass is 19.1. The summed E-state index contributed by atoms with van der Waals surface area (Å²) in [7, 11) is 0. The molecule has 2 heterocycles. The molecular weight excluding hydrogens is 231 g/mol. The van der Waals surface area contributed by atoms with E-state index < -0.39 is 0 Å². The van der Waals surface area contributed by atoms with Crippen molar-refractivity contribution in [1.29, 1.82) is 0 Å². The van der Waals surface area contributed by atoms with E-state index in [0.29, 0.717) is 6.54 Å². The summed E-state index contributed by atoms with van der Waals surface area (Å²) in [5, 5.41) is 7.22. The first-order valence-electron chi connectivity index (χ1n) is 5.60. The molecular formula is C13H11FN4. The van der Waals surface area contributed by atoms with E-state index in [4.69, 9.17) is 0 Å². The Balaban J connectivity index is 1.76. The molecule has 3 aromatic rings. The third-order valence-electron chi connectivity index (χ3n) is 2.62. The maximum atomic E-state index is 13.0. The Morgan fingerprint density at radius 2 is 2.17 bits per heavy atom. The Labute approximate surface area is 103 Å². The lowest BCUT2D eigenvalue weighted by Gasteiger charge is -2.06. The molecule has 0 spiro atoms. The van der Waals surface area contributed by atoms with Gasteiger partial charge in [0, 0.05) is 18.8 Å².